The van der Waals surface area contributed by atoms with Crippen LogP contribution in [-0.2, 0) is 15.1 Å². The number of rotatable bonds is 3. The Balaban J connectivity index is 2.52. The van der Waals surface area contributed by atoms with Crippen molar-refractivity contribution in [2.24, 2.45) is 10.7 Å². The molecule has 0 spiro atoms. The number of nitrogens with two attached hydrogens (primary N) is 1. The van der Waals surface area contributed by atoms with Gasteiger partial charge in [-0.1, -0.05) is 25.1 Å². The fourth-order valence-corrected chi connectivity index (χ4v) is 2.35. The highest BCUT2D eigenvalue weighted by atomic mass is 19.4. The molecule has 1 aromatic rings. The number of para-hydroxylation sites is 1. The minimum absolute atomic E-state index is 0.0531. The first-order valence-corrected chi connectivity index (χ1v) is 6.65. The first-order chi connectivity index (χ1) is 10.6. The lowest BCUT2D eigenvalue weighted by Crippen LogP contribution is -2.40. The molecule has 0 aromatic heterocycles. The van der Waals surface area contributed by atoms with Crippen molar-refractivity contribution in [2.45, 2.75) is 25.1 Å². The van der Waals surface area contributed by atoms with Crippen LogP contribution in [0, 0.1) is 0 Å². The van der Waals surface area contributed by atoms with Gasteiger partial charge in [-0.25, -0.2) is 9.79 Å². The van der Waals surface area contributed by atoms with E-state index in [9.17, 15) is 22.8 Å². The Labute approximate surface area is 129 Å². The fraction of sp³-hybridized carbons (Fsp3) is 0.357. The summed E-state index contributed by atoms with van der Waals surface area (Å²) in [6.45, 7) is 1.64. The number of alkyl halides is 3. The Kier molecular flexibility index (Phi) is 4.06. The van der Waals surface area contributed by atoms with Crippen molar-refractivity contribution in [1.82, 2.24) is 4.90 Å². The summed E-state index contributed by atoms with van der Waals surface area (Å²) in [6, 6.07) is 5.46. The van der Waals surface area contributed by atoms with Crippen LogP contribution >= 0.6 is 0 Å². The van der Waals surface area contributed by atoms with Gasteiger partial charge in [0.2, 0.25) is 0 Å². The van der Waals surface area contributed by atoms with Crippen LogP contribution in [0.5, 0.6) is 5.75 Å². The maximum absolute atomic E-state index is 12.5. The van der Waals surface area contributed by atoms with Crippen molar-refractivity contribution < 1.29 is 27.5 Å². The van der Waals surface area contributed by atoms with E-state index in [4.69, 9.17) is 5.73 Å². The molecule has 0 fully saturated rings. The molecule has 0 aliphatic carbocycles. The average Bonchev–Trinajstić information content (AvgIpc) is 2.71. The molecule has 1 aliphatic rings. The Bertz CT molecular complexity index is 687. The van der Waals surface area contributed by atoms with Gasteiger partial charge in [0, 0.05) is 12.6 Å². The molecule has 0 saturated carbocycles. The van der Waals surface area contributed by atoms with Crippen molar-refractivity contribution >= 4 is 17.8 Å². The molecule has 23 heavy (non-hydrogen) atoms. The SMILES string of the molecule is CCC1(c2ccccc2OC(=O)C(F)(F)F)N=C(N)N(C)C1=O. The van der Waals surface area contributed by atoms with Crippen LogP contribution < -0.4 is 10.5 Å². The van der Waals surface area contributed by atoms with E-state index in [0.717, 1.165) is 4.90 Å². The lowest BCUT2D eigenvalue weighted by Gasteiger charge is -2.25. The van der Waals surface area contributed by atoms with Gasteiger partial charge in [-0.15, -0.1) is 0 Å². The maximum atomic E-state index is 12.5. The molecule has 1 unspecified atom stereocenters. The minimum atomic E-state index is -5.15. The summed E-state index contributed by atoms with van der Waals surface area (Å²) >= 11 is 0. The van der Waals surface area contributed by atoms with Gasteiger partial charge in [-0.2, -0.15) is 13.2 Å². The maximum Gasteiger partial charge on any atom is 0.491 e. The number of carbonyl (C=O) groups excluding carboxylic acids is 2. The molecule has 124 valence electrons. The van der Waals surface area contributed by atoms with Gasteiger partial charge in [0.05, 0.1) is 0 Å². The smallest absolute Gasteiger partial charge is 0.419 e. The zero-order valence-corrected chi connectivity index (χ0v) is 12.3. The van der Waals surface area contributed by atoms with Crippen LogP contribution in [0.3, 0.4) is 0 Å². The predicted molar refractivity (Wildman–Crippen MR) is 74.5 cm³/mol. The topological polar surface area (TPSA) is 85.0 Å². The van der Waals surface area contributed by atoms with Gasteiger partial charge in [0.25, 0.3) is 5.91 Å². The zero-order valence-electron chi connectivity index (χ0n) is 12.3. The highest BCUT2D eigenvalue weighted by Gasteiger charge is 2.49. The Hall–Kier alpha value is -2.58. The third kappa shape index (κ3) is 2.73. The summed E-state index contributed by atoms with van der Waals surface area (Å²) in [4.78, 5) is 28.8. The largest absolute Gasteiger partial charge is 0.491 e. The van der Waals surface area contributed by atoms with Gasteiger partial charge < -0.3 is 10.5 Å². The van der Waals surface area contributed by atoms with Gasteiger partial charge >= 0.3 is 12.1 Å². The van der Waals surface area contributed by atoms with Crippen molar-refractivity contribution in [3.63, 3.8) is 0 Å². The van der Waals surface area contributed by atoms with Crippen molar-refractivity contribution in [2.75, 3.05) is 7.05 Å². The molecule has 1 amide bonds. The number of guanidine groups is 1. The number of benzene rings is 1. The van der Waals surface area contributed by atoms with E-state index in [1.54, 1.807) is 6.92 Å². The van der Waals surface area contributed by atoms with E-state index in [1.807, 2.05) is 0 Å². The van der Waals surface area contributed by atoms with Gasteiger partial charge in [0.15, 0.2) is 11.5 Å². The second-order valence-electron chi connectivity index (χ2n) is 4.93. The molecule has 1 heterocycles. The Morgan fingerprint density at radius 3 is 2.48 bits per heavy atom. The molecule has 0 radical (unpaired) electrons. The second kappa shape index (κ2) is 5.56. The van der Waals surface area contributed by atoms with Gasteiger partial charge in [-0.05, 0) is 12.5 Å². The molecule has 0 bridgehead atoms. The summed E-state index contributed by atoms with van der Waals surface area (Å²) in [6.07, 6.45) is -5.01. The number of esters is 1. The number of amides is 1. The number of carbonyl (C=O) groups is 2. The zero-order chi connectivity index (χ0) is 17.4. The van der Waals surface area contributed by atoms with Crippen molar-refractivity contribution in [3.05, 3.63) is 29.8 Å². The van der Waals surface area contributed by atoms with E-state index in [2.05, 4.69) is 9.73 Å². The quantitative estimate of drug-likeness (QED) is 0.673. The highest BCUT2D eigenvalue weighted by Crippen LogP contribution is 2.40. The Morgan fingerprint density at radius 2 is 2.00 bits per heavy atom. The molecule has 6 nitrogen and oxygen atoms in total. The highest BCUT2D eigenvalue weighted by molar-refractivity contribution is 6.07. The van der Waals surface area contributed by atoms with E-state index in [-0.39, 0.29) is 23.7 Å². The lowest BCUT2D eigenvalue weighted by molar-refractivity contribution is -0.189. The number of likely N-dealkylation sites (N-methyl/N-ethyl adjacent to an activating group) is 1. The number of hydrogen-bond donors (Lipinski definition) is 1. The molecule has 2 N–H and O–H groups in total. The number of aliphatic imine (C=N–C) groups is 1. The van der Waals surface area contributed by atoms with Crippen LogP contribution in [-0.4, -0.2) is 36.0 Å². The summed E-state index contributed by atoms with van der Waals surface area (Å²) in [5, 5.41) is 0. The first-order valence-electron chi connectivity index (χ1n) is 6.65. The molecule has 9 heteroatoms. The molecule has 1 atom stereocenters. The first kappa shape index (κ1) is 16.8. The summed E-state index contributed by atoms with van der Waals surface area (Å²) in [5.74, 6) is -3.31. The van der Waals surface area contributed by atoms with Crippen LogP contribution in [0.2, 0.25) is 0 Å². The van der Waals surface area contributed by atoms with Crippen LogP contribution in [0.25, 0.3) is 0 Å². The molecule has 1 aliphatic heterocycles. The molecule has 1 aromatic carbocycles. The number of hydrogen-bond acceptors (Lipinski definition) is 5. The third-order valence-corrected chi connectivity index (χ3v) is 3.59. The summed E-state index contributed by atoms with van der Waals surface area (Å²) in [5.41, 5.74) is 4.19. The van der Waals surface area contributed by atoms with E-state index >= 15 is 0 Å². The monoisotopic (exact) mass is 329 g/mol. The average molecular weight is 329 g/mol. The van der Waals surface area contributed by atoms with Crippen LogP contribution in [0.1, 0.15) is 18.9 Å². The van der Waals surface area contributed by atoms with Crippen LogP contribution in [0.15, 0.2) is 29.3 Å². The molecular weight excluding hydrogens is 315 g/mol. The fourth-order valence-electron chi connectivity index (χ4n) is 2.35. The normalized spacial score (nSPS) is 21.3. The lowest BCUT2D eigenvalue weighted by atomic mass is 9.86. The number of nitrogens with zero attached hydrogens (tertiary/aromatic N) is 2. The second-order valence-corrected chi connectivity index (χ2v) is 4.93. The Morgan fingerprint density at radius 1 is 1.39 bits per heavy atom. The molecule has 2 rings (SSSR count). The van der Waals surface area contributed by atoms with E-state index < -0.39 is 23.6 Å². The molecular formula is C14H14F3N3O3. The van der Waals surface area contributed by atoms with Crippen molar-refractivity contribution in [1.29, 1.82) is 0 Å². The van der Waals surface area contributed by atoms with E-state index in [0.29, 0.717) is 0 Å². The summed E-state index contributed by atoms with van der Waals surface area (Å²) in [7, 11) is 1.41. The third-order valence-electron chi connectivity index (χ3n) is 3.59. The van der Waals surface area contributed by atoms with Gasteiger partial charge in [-0.3, -0.25) is 9.69 Å². The van der Waals surface area contributed by atoms with Crippen molar-refractivity contribution in [3.8, 4) is 5.75 Å². The van der Waals surface area contributed by atoms with Gasteiger partial charge in [0.1, 0.15) is 5.75 Å². The number of halogens is 3. The number of ether oxygens (including phenoxy) is 1. The predicted octanol–water partition coefficient (Wildman–Crippen LogP) is 1.55. The van der Waals surface area contributed by atoms with E-state index in [1.165, 1.54) is 31.3 Å². The standard InChI is InChI=1S/C14H14F3N3O3/c1-3-13(10(21)20(2)12(18)19-13)8-6-4-5-7-9(8)23-11(22)14(15,16)17/h4-7H,3H2,1-2H3,(H2,18,19). The minimum Gasteiger partial charge on any atom is -0.419 e. The summed E-state index contributed by atoms with van der Waals surface area (Å²) < 4.78 is 41.7. The molecule has 0 saturated heterocycles. The van der Waals surface area contributed by atoms with Crippen LogP contribution in [0.4, 0.5) is 13.2 Å².